The van der Waals surface area contributed by atoms with E-state index in [-0.39, 0.29) is 17.5 Å². The van der Waals surface area contributed by atoms with E-state index in [9.17, 15) is 9.18 Å². The van der Waals surface area contributed by atoms with E-state index < -0.39 is 0 Å². The number of nitrogens with zero attached hydrogens (tertiary/aromatic N) is 3. The lowest BCUT2D eigenvalue weighted by atomic mass is 10.0. The third-order valence-corrected chi connectivity index (χ3v) is 5.68. The summed E-state index contributed by atoms with van der Waals surface area (Å²) < 4.78 is 21.0. The Labute approximate surface area is 186 Å². The van der Waals surface area contributed by atoms with E-state index in [1.165, 1.54) is 36.0 Å². The molecule has 0 radical (unpaired) electrons. The molecule has 0 saturated heterocycles. The highest BCUT2D eigenvalue weighted by atomic mass is 32.2. The minimum atomic E-state index is -0.343. The van der Waals surface area contributed by atoms with Gasteiger partial charge in [0.25, 0.3) is 0 Å². The van der Waals surface area contributed by atoms with Crippen molar-refractivity contribution in [3.63, 3.8) is 0 Å². The Kier molecular flexibility index (Phi) is 7.68. The SMILES string of the molecule is CCn1c(COc2cc(C)ccc2C(C)C)nnc1SCC(=O)Nc1ccc(F)cc1. The van der Waals surface area contributed by atoms with E-state index in [4.69, 9.17) is 4.74 Å². The molecular formula is C23H27FN4O2S. The van der Waals surface area contributed by atoms with Crippen LogP contribution in [0.3, 0.4) is 0 Å². The van der Waals surface area contributed by atoms with Crippen molar-refractivity contribution in [3.05, 3.63) is 65.2 Å². The number of halogens is 1. The minimum absolute atomic E-state index is 0.172. The normalized spacial score (nSPS) is 11.0. The zero-order valence-corrected chi connectivity index (χ0v) is 19.0. The van der Waals surface area contributed by atoms with Crippen LogP contribution in [0.4, 0.5) is 10.1 Å². The molecule has 0 fully saturated rings. The molecule has 0 unspecified atom stereocenters. The second kappa shape index (κ2) is 10.4. The third kappa shape index (κ3) is 6.07. The molecule has 0 atom stereocenters. The molecule has 8 heteroatoms. The van der Waals surface area contributed by atoms with Gasteiger partial charge in [0.15, 0.2) is 11.0 Å². The van der Waals surface area contributed by atoms with Crippen LogP contribution in [0, 0.1) is 12.7 Å². The number of nitrogens with one attached hydrogen (secondary N) is 1. The third-order valence-electron chi connectivity index (χ3n) is 4.72. The molecule has 164 valence electrons. The average molecular weight is 443 g/mol. The van der Waals surface area contributed by atoms with Gasteiger partial charge in [0, 0.05) is 12.2 Å². The largest absolute Gasteiger partial charge is 0.485 e. The fraction of sp³-hybridized carbons (Fsp3) is 0.348. The Bertz CT molecular complexity index is 1030. The van der Waals surface area contributed by atoms with Gasteiger partial charge in [0.05, 0.1) is 5.75 Å². The van der Waals surface area contributed by atoms with E-state index in [0.717, 1.165) is 16.9 Å². The number of carbonyl (C=O) groups excluding carboxylic acids is 1. The zero-order valence-electron chi connectivity index (χ0n) is 18.2. The van der Waals surface area contributed by atoms with Crippen molar-refractivity contribution in [2.24, 2.45) is 0 Å². The van der Waals surface area contributed by atoms with Crippen LogP contribution in [0.5, 0.6) is 5.75 Å². The predicted molar refractivity (Wildman–Crippen MR) is 121 cm³/mol. The molecule has 1 N–H and O–H groups in total. The van der Waals surface area contributed by atoms with E-state index in [2.05, 4.69) is 41.5 Å². The molecule has 3 rings (SSSR count). The van der Waals surface area contributed by atoms with Gasteiger partial charge in [-0.05, 0) is 61.2 Å². The van der Waals surface area contributed by atoms with Gasteiger partial charge >= 0.3 is 0 Å². The van der Waals surface area contributed by atoms with Gasteiger partial charge in [-0.3, -0.25) is 4.79 Å². The summed E-state index contributed by atoms with van der Waals surface area (Å²) in [5, 5.41) is 11.9. The lowest BCUT2D eigenvalue weighted by Gasteiger charge is -2.15. The number of rotatable bonds is 9. The first-order chi connectivity index (χ1) is 14.9. The summed E-state index contributed by atoms with van der Waals surface area (Å²) in [6, 6.07) is 11.9. The Morgan fingerprint density at radius 2 is 1.94 bits per heavy atom. The summed E-state index contributed by atoms with van der Waals surface area (Å²) in [5.74, 6) is 1.55. The molecule has 1 heterocycles. The Balaban J connectivity index is 1.62. The van der Waals surface area contributed by atoms with Gasteiger partial charge < -0.3 is 14.6 Å². The summed E-state index contributed by atoms with van der Waals surface area (Å²) in [7, 11) is 0. The second-order valence-corrected chi connectivity index (χ2v) is 8.41. The van der Waals surface area contributed by atoms with Gasteiger partial charge in [0.2, 0.25) is 5.91 Å². The minimum Gasteiger partial charge on any atom is -0.485 e. The van der Waals surface area contributed by atoms with Crippen LogP contribution in [0.25, 0.3) is 0 Å². The molecule has 0 aliphatic heterocycles. The van der Waals surface area contributed by atoms with E-state index in [1.807, 2.05) is 24.5 Å². The van der Waals surface area contributed by atoms with Gasteiger partial charge in [-0.2, -0.15) is 0 Å². The number of thioether (sulfide) groups is 1. The maximum Gasteiger partial charge on any atom is 0.234 e. The van der Waals surface area contributed by atoms with Crippen LogP contribution in [-0.2, 0) is 17.9 Å². The fourth-order valence-corrected chi connectivity index (χ4v) is 3.92. The van der Waals surface area contributed by atoms with E-state index >= 15 is 0 Å². The van der Waals surface area contributed by atoms with Gasteiger partial charge in [-0.15, -0.1) is 10.2 Å². The summed E-state index contributed by atoms with van der Waals surface area (Å²) in [4.78, 5) is 12.2. The van der Waals surface area contributed by atoms with Crippen LogP contribution in [-0.4, -0.2) is 26.4 Å². The molecular weight excluding hydrogens is 415 g/mol. The monoisotopic (exact) mass is 442 g/mol. The molecule has 1 aromatic heterocycles. The zero-order chi connectivity index (χ0) is 22.4. The number of aryl methyl sites for hydroxylation is 1. The fourth-order valence-electron chi connectivity index (χ4n) is 3.10. The predicted octanol–water partition coefficient (Wildman–Crippen LogP) is 5.18. The van der Waals surface area contributed by atoms with Crippen molar-refractivity contribution < 1.29 is 13.9 Å². The number of ether oxygens (including phenoxy) is 1. The first-order valence-corrected chi connectivity index (χ1v) is 11.2. The second-order valence-electron chi connectivity index (χ2n) is 7.47. The van der Waals surface area contributed by atoms with Crippen molar-refractivity contribution in [3.8, 4) is 5.75 Å². The van der Waals surface area contributed by atoms with Gasteiger partial charge in [-0.25, -0.2) is 4.39 Å². The highest BCUT2D eigenvalue weighted by Gasteiger charge is 2.15. The quantitative estimate of drug-likeness (QED) is 0.463. The lowest BCUT2D eigenvalue weighted by molar-refractivity contribution is -0.113. The molecule has 0 aliphatic rings. The van der Waals surface area contributed by atoms with Crippen LogP contribution in [0.1, 0.15) is 43.6 Å². The number of benzene rings is 2. The maximum absolute atomic E-state index is 13.0. The van der Waals surface area contributed by atoms with E-state index in [0.29, 0.717) is 35.7 Å². The van der Waals surface area contributed by atoms with Crippen molar-refractivity contribution in [2.75, 3.05) is 11.1 Å². The van der Waals surface area contributed by atoms with Crippen LogP contribution < -0.4 is 10.1 Å². The van der Waals surface area contributed by atoms with Crippen LogP contribution in [0.2, 0.25) is 0 Å². The van der Waals surface area contributed by atoms with Gasteiger partial charge in [-0.1, -0.05) is 37.7 Å². The lowest BCUT2D eigenvalue weighted by Crippen LogP contribution is -2.15. The number of carbonyl (C=O) groups is 1. The standard InChI is InChI=1S/C23H27FN4O2S/c1-5-28-21(13-30-20-12-16(4)6-11-19(20)15(2)3)26-27-23(28)31-14-22(29)25-18-9-7-17(24)8-10-18/h6-12,15H,5,13-14H2,1-4H3,(H,25,29). The molecule has 0 saturated carbocycles. The Morgan fingerprint density at radius 3 is 2.61 bits per heavy atom. The first kappa shape index (κ1) is 22.8. The molecule has 0 bridgehead atoms. The van der Waals surface area contributed by atoms with Crippen molar-refractivity contribution >= 4 is 23.4 Å². The number of hydrogen-bond donors (Lipinski definition) is 1. The number of anilines is 1. The van der Waals surface area contributed by atoms with Crippen molar-refractivity contribution in [1.82, 2.24) is 14.8 Å². The molecule has 0 aliphatic carbocycles. The maximum atomic E-state index is 13.0. The molecule has 2 aromatic carbocycles. The van der Waals surface area contributed by atoms with Crippen molar-refractivity contribution in [1.29, 1.82) is 0 Å². The van der Waals surface area contributed by atoms with E-state index in [1.54, 1.807) is 0 Å². The van der Waals surface area contributed by atoms with Gasteiger partial charge in [0.1, 0.15) is 18.2 Å². The van der Waals surface area contributed by atoms with Crippen LogP contribution in [0.15, 0.2) is 47.6 Å². The Hall–Kier alpha value is -2.87. The molecule has 1 amide bonds. The Morgan fingerprint density at radius 1 is 1.19 bits per heavy atom. The highest BCUT2D eigenvalue weighted by molar-refractivity contribution is 7.99. The number of aromatic nitrogens is 3. The molecule has 0 spiro atoms. The molecule has 6 nitrogen and oxygen atoms in total. The number of amides is 1. The topological polar surface area (TPSA) is 69.0 Å². The summed E-state index contributed by atoms with van der Waals surface area (Å²) in [6.45, 7) is 9.28. The summed E-state index contributed by atoms with van der Waals surface area (Å²) >= 11 is 1.30. The molecule has 3 aromatic rings. The molecule has 31 heavy (non-hydrogen) atoms. The van der Waals surface area contributed by atoms with Crippen LogP contribution >= 0.6 is 11.8 Å². The smallest absolute Gasteiger partial charge is 0.234 e. The van der Waals surface area contributed by atoms with Crippen molar-refractivity contribution in [2.45, 2.75) is 51.9 Å². The average Bonchev–Trinajstić information content (AvgIpc) is 3.14. The summed E-state index contributed by atoms with van der Waals surface area (Å²) in [5.41, 5.74) is 2.84. The first-order valence-electron chi connectivity index (χ1n) is 10.2. The number of hydrogen-bond acceptors (Lipinski definition) is 5. The highest BCUT2D eigenvalue weighted by Crippen LogP contribution is 2.28. The summed E-state index contributed by atoms with van der Waals surface area (Å²) in [6.07, 6.45) is 0.